The number of piperazine rings is 1. The molecule has 1 saturated heterocycles. The first kappa shape index (κ1) is 16.8. The first-order valence-electron chi connectivity index (χ1n) is 9.36. The standard InChI is InChI=1S/C20H26N6/c1-5-18-22-20-21-15(3)13-19(26(20)23-18)25-11-9-24(10-12-25)17-8-6-7-14(2)16(17)4/h6-8,13H,5,9-12H2,1-4H3. The van der Waals surface area contributed by atoms with Gasteiger partial charge in [0.25, 0.3) is 5.78 Å². The van der Waals surface area contributed by atoms with Crippen molar-refractivity contribution < 1.29 is 0 Å². The number of rotatable bonds is 3. The fourth-order valence-corrected chi connectivity index (χ4v) is 3.64. The largest absolute Gasteiger partial charge is 0.368 e. The van der Waals surface area contributed by atoms with E-state index in [1.54, 1.807) is 0 Å². The molecular weight excluding hydrogens is 324 g/mol. The quantitative estimate of drug-likeness (QED) is 0.727. The summed E-state index contributed by atoms with van der Waals surface area (Å²) in [6.07, 6.45) is 0.822. The third-order valence-electron chi connectivity index (χ3n) is 5.30. The highest BCUT2D eigenvalue weighted by Crippen LogP contribution is 2.25. The molecule has 2 aromatic heterocycles. The molecule has 0 atom stereocenters. The van der Waals surface area contributed by atoms with Gasteiger partial charge in [-0.3, -0.25) is 0 Å². The Morgan fingerprint density at radius 1 is 0.962 bits per heavy atom. The van der Waals surface area contributed by atoms with Gasteiger partial charge in [0, 0.05) is 50.0 Å². The summed E-state index contributed by atoms with van der Waals surface area (Å²) in [5.41, 5.74) is 5.08. The molecule has 136 valence electrons. The topological polar surface area (TPSA) is 49.6 Å². The predicted molar refractivity (Wildman–Crippen MR) is 105 cm³/mol. The van der Waals surface area contributed by atoms with Crippen molar-refractivity contribution in [1.29, 1.82) is 0 Å². The van der Waals surface area contributed by atoms with E-state index >= 15 is 0 Å². The monoisotopic (exact) mass is 350 g/mol. The van der Waals surface area contributed by atoms with Crippen molar-refractivity contribution in [3.63, 3.8) is 0 Å². The first-order chi connectivity index (χ1) is 12.6. The molecule has 0 saturated carbocycles. The highest BCUT2D eigenvalue weighted by atomic mass is 15.4. The summed E-state index contributed by atoms with van der Waals surface area (Å²) in [6.45, 7) is 12.4. The molecule has 6 nitrogen and oxygen atoms in total. The van der Waals surface area contributed by atoms with E-state index in [0.29, 0.717) is 5.78 Å². The van der Waals surface area contributed by atoms with Crippen LogP contribution in [0.1, 0.15) is 29.6 Å². The third kappa shape index (κ3) is 2.89. The van der Waals surface area contributed by atoms with Gasteiger partial charge in [-0.2, -0.15) is 9.50 Å². The van der Waals surface area contributed by atoms with E-state index in [1.807, 2.05) is 11.4 Å². The lowest BCUT2D eigenvalue weighted by Crippen LogP contribution is -2.47. The molecule has 26 heavy (non-hydrogen) atoms. The molecule has 0 unspecified atom stereocenters. The van der Waals surface area contributed by atoms with Gasteiger partial charge >= 0.3 is 0 Å². The Morgan fingerprint density at radius 3 is 2.42 bits per heavy atom. The van der Waals surface area contributed by atoms with Gasteiger partial charge in [-0.1, -0.05) is 19.1 Å². The minimum atomic E-state index is 0.703. The molecule has 0 bridgehead atoms. The van der Waals surface area contributed by atoms with E-state index in [4.69, 9.17) is 0 Å². The molecule has 0 spiro atoms. The minimum absolute atomic E-state index is 0.703. The number of fused-ring (bicyclic) bond motifs is 1. The third-order valence-corrected chi connectivity index (χ3v) is 5.30. The second-order valence-electron chi connectivity index (χ2n) is 7.04. The molecular formula is C20H26N6. The van der Waals surface area contributed by atoms with Crippen LogP contribution in [0.4, 0.5) is 11.5 Å². The zero-order valence-corrected chi connectivity index (χ0v) is 16.0. The lowest BCUT2D eigenvalue weighted by Gasteiger charge is -2.38. The van der Waals surface area contributed by atoms with Gasteiger partial charge in [0.15, 0.2) is 5.82 Å². The van der Waals surface area contributed by atoms with Crippen LogP contribution in [0.25, 0.3) is 5.78 Å². The Kier molecular flexibility index (Phi) is 4.26. The van der Waals surface area contributed by atoms with Crippen molar-refractivity contribution in [2.24, 2.45) is 0 Å². The number of aryl methyl sites for hydroxylation is 3. The Bertz CT molecular complexity index is 937. The van der Waals surface area contributed by atoms with Crippen LogP contribution in [0, 0.1) is 20.8 Å². The van der Waals surface area contributed by atoms with Gasteiger partial charge in [0.05, 0.1) is 0 Å². The maximum atomic E-state index is 4.64. The average Bonchev–Trinajstić information content (AvgIpc) is 3.06. The lowest BCUT2D eigenvalue weighted by atomic mass is 10.1. The van der Waals surface area contributed by atoms with Crippen LogP contribution in [0.5, 0.6) is 0 Å². The van der Waals surface area contributed by atoms with Crippen LogP contribution in [-0.2, 0) is 6.42 Å². The molecule has 1 fully saturated rings. The molecule has 1 aromatic carbocycles. The highest BCUT2D eigenvalue weighted by molar-refractivity contribution is 5.57. The average molecular weight is 350 g/mol. The first-order valence-corrected chi connectivity index (χ1v) is 9.36. The van der Waals surface area contributed by atoms with Crippen LogP contribution in [0.3, 0.4) is 0 Å². The summed E-state index contributed by atoms with van der Waals surface area (Å²) >= 11 is 0. The summed E-state index contributed by atoms with van der Waals surface area (Å²) in [5.74, 6) is 2.65. The number of hydrogen-bond acceptors (Lipinski definition) is 5. The lowest BCUT2D eigenvalue weighted by molar-refractivity contribution is 0.636. The van der Waals surface area contributed by atoms with Crippen molar-refractivity contribution in [3.8, 4) is 0 Å². The zero-order chi connectivity index (χ0) is 18.3. The van der Waals surface area contributed by atoms with Crippen LogP contribution >= 0.6 is 0 Å². The number of aromatic nitrogens is 4. The highest BCUT2D eigenvalue weighted by Gasteiger charge is 2.22. The Hall–Kier alpha value is -2.63. The zero-order valence-electron chi connectivity index (χ0n) is 16.0. The second-order valence-corrected chi connectivity index (χ2v) is 7.04. The van der Waals surface area contributed by atoms with E-state index < -0.39 is 0 Å². The van der Waals surface area contributed by atoms with Crippen LogP contribution < -0.4 is 9.80 Å². The molecule has 0 aliphatic carbocycles. The normalized spacial score (nSPS) is 15.1. The van der Waals surface area contributed by atoms with Crippen LogP contribution in [0.15, 0.2) is 24.3 Å². The Labute approximate surface area is 154 Å². The number of benzene rings is 1. The van der Waals surface area contributed by atoms with Crippen molar-refractivity contribution in [2.45, 2.75) is 34.1 Å². The fraction of sp³-hybridized carbons (Fsp3) is 0.450. The van der Waals surface area contributed by atoms with Crippen molar-refractivity contribution in [1.82, 2.24) is 19.6 Å². The van der Waals surface area contributed by atoms with Gasteiger partial charge in [-0.15, -0.1) is 5.10 Å². The molecule has 0 radical (unpaired) electrons. The Morgan fingerprint density at radius 2 is 1.69 bits per heavy atom. The molecule has 3 aromatic rings. The summed E-state index contributed by atoms with van der Waals surface area (Å²) in [6, 6.07) is 8.69. The van der Waals surface area contributed by atoms with Gasteiger partial charge in [0.1, 0.15) is 5.82 Å². The van der Waals surface area contributed by atoms with Gasteiger partial charge in [-0.05, 0) is 38.0 Å². The molecule has 4 rings (SSSR count). The molecule has 6 heteroatoms. The number of nitrogens with zero attached hydrogens (tertiary/aromatic N) is 6. The smallest absolute Gasteiger partial charge is 0.254 e. The minimum Gasteiger partial charge on any atom is -0.368 e. The predicted octanol–water partition coefficient (Wildman–Crippen LogP) is 2.94. The van der Waals surface area contributed by atoms with Gasteiger partial charge < -0.3 is 9.80 Å². The van der Waals surface area contributed by atoms with Crippen LogP contribution in [-0.4, -0.2) is 45.8 Å². The molecule has 0 N–H and O–H groups in total. The second kappa shape index (κ2) is 6.59. The van der Waals surface area contributed by atoms with Crippen molar-refractivity contribution >= 4 is 17.3 Å². The maximum Gasteiger partial charge on any atom is 0.254 e. The number of anilines is 2. The van der Waals surface area contributed by atoms with E-state index in [2.05, 4.69) is 69.9 Å². The summed E-state index contributed by atoms with van der Waals surface area (Å²) < 4.78 is 1.90. The molecule has 1 aliphatic rings. The Balaban J connectivity index is 1.59. The fourth-order valence-electron chi connectivity index (χ4n) is 3.64. The van der Waals surface area contributed by atoms with Gasteiger partial charge in [0.2, 0.25) is 0 Å². The van der Waals surface area contributed by atoms with E-state index in [9.17, 15) is 0 Å². The van der Waals surface area contributed by atoms with Crippen LogP contribution in [0.2, 0.25) is 0 Å². The van der Waals surface area contributed by atoms with Gasteiger partial charge in [-0.25, -0.2) is 4.98 Å². The molecule has 0 amide bonds. The summed E-state index contributed by atoms with van der Waals surface area (Å²) in [5, 5.41) is 4.64. The number of hydrogen-bond donors (Lipinski definition) is 0. The van der Waals surface area contributed by atoms with Crippen molar-refractivity contribution in [3.05, 3.63) is 46.9 Å². The molecule has 1 aliphatic heterocycles. The molecule has 3 heterocycles. The summed E-state index contributed by atoms with van der Waals surface area (Å²) in [4.78, 5) is 14.0. The van der Waals surface area contributed by atoms with E-state index in [-0.39, 0.29) is 0 Å². The summed E-state index contributed by atoms with van der Waals surface area (Å²) in [7, 11) is 0. The van der Waals surface area contributed by atoms with E-state index in [0.717, 1.165) is 49.9 Å². The van der Waals surface area contributed by atoms with E-state index in [1.165, 1.54) is 16.8 Å². The SMILES string of the molecule is CCc1nc2nc(C)cc(N3CCN(c4cccc(C)c4C)CC3)n2n1. The maximum absolute atomic E-state index is 4.64. The van der Waals surface area contributed by atoms with Crippen molar-refractivity contribution in [2.75, 3.05) is 36.0 Å².